The van der Waals surface area contributed by atoms with Gasteiger partial charge < -0.3 is 19.2 Å². The van der Waals surface area contributed by atoms with Gasteiger partial charge in [-0.15, -0.1) is 0 Å². The van der Waals surface area contributed by atoms with Crippen LogP contribution in [0.4, 0.5) is 0 Å². The smallest absolute Gasteiger partial charge is 0.310 e. The Hall–Kier alpha value is -3.42. The number of nitrogens with one attached hydrogen (secondary N) is 1. The SMILES string of the molecule is COC(=O)[C@@H]1C[C@H](NC(=O)c2ccccc2)C(=O)[C@H]2C1(C)CC[C@H]1C(=O)O[C@H](c3ccoc3)C[C@@]12C. The van der Waals surface area contributed by atoms with Crippen molar-refractivity contribution in [2.45, 2.75) is 51.7 Å². The van der Waals surface area contributed by atoms with Crippen LogP contribution in [0.5, 0.6) is 0 Å². The fourth-order valence-electron chi connectivity index (χ4n) is 7.16. The second kappa shape index (κ2) is 8.91. The Balaban J connectivity index is 1.54. The Bertz CT molecular complexity index is 1180. The number of rotatable bonds is 4. The van der Waals surface area contributed by atoms with Crippen molar-refractivity contribution >= 4 is 23.6 Å². The Morgan fingerprint density at radius 2 is 1.83 bits per heavy atom. The summed E-state index contributed by atoms with van der Waals surface area (Å²) in [5.74, 6) is -2.99. The van der Waals surface area contributed by atoms with Gasteiger partial charge in [-0.1, -0.05) is 32.0 Å². The molecule has 36 heavy (non-hydrogen) atoms. The van der Waals surface area contributed by atoms with E-state index in [-0.39, 0.29) is 24.1 Å². The topological polar surface area (TPSA) is 112 Å². The van der Waals surface area contributed by atoms with Crippen LogP contribution in [-0.2, 0) is 23.9 Å². The van der Waals surface area contributed by atoms with E-state index in [2.05, 4.69) is 5.32 Å². The molecule has 2 aliphatic carbocycles. The highest BCUT2D eigenvalue weighted by Gasteiger charge is 2.67. The minimum atomic E-state index is -0.874. The number of ether oxygens (including phenoxy) is 2. The fraction of sp³-hybridized carbons (Fsp3) is 0.500. The minimum absolute atomic E-state index is 0.144. The summed E-state index contributed by atoms with van der Waals surface area (Å²) in [4.78, 5) is 53.5. The monoisotopic (exact) mass is 493 g/mol. The number of esters is 2. The number of ketones is 1. The zero-order valence-electron chi connectivity index (χ0n) is 20.7. The van der Waals surface area contributed by atoms with Gasteiger partial charge >= 0.3 is 11.9 Å². The lowest BCUT2D eigenvalue weighted by Crippen LogP contribution is -2.66. The number of fused-ring (bicyclic) bond motifs is 3. The molecule has 1 aromatic heterocycles. The van der Waals surface area contributed by atoms with Gasteiger partial charge in [0.2, 0.25) is 0 Å². The van der Waals surface area contributed by atoms with Crippen LogP contribution in [0.2, 0.25) is 0 Å². The first-order chi connectivity index (χ1) is 17.2. The van der Waals surface area contributed by atoms with Crippen LogP contribution in [0.3, 0.4) is 0 Å². The highest BCUT2D eigenvalue weighted by molar-refractivity contribution is 6.00. The van der Waals surface area contributed by atoms with Gasteiger partial charge in [-0.05, 0) is 54.7 Å². The van der Waals surface area contributed by atoms with Crippen LogP contribution in [0.1, 0.15) is 61.6 Å². The first kappa shape index (κ1) is 24.3. The van der Waals surface area contributed by atoms with Crippen LogP contribution in [-0.4, -0.2) is 36.8 Å². The standard InChI is InChI=1S/C28H31NO7/c1-27-11-9-18-26(33)36-21(17-10-12-35-15-17)14-28(18,2)23(27)22(30)20(13-19(27)25(32)34-3)29-24(31)16-7-5-4-6-8-16/h4-8,10,12,15,18-21,23H,9,11,13-14H2,1-3H3,(H,29,31)/t18-,19-,20-,21-,23-,27?,28-/m0/s1. The number of carbonyl (C=O) groups excluding carboxylic acids is 4. The summed E-state index contributed by atoms with van der Waals surface area (Å²) < 4.78 is 16.2. The summed E-state index contributed by atoms with van der Waals surface area (Å²) in [6, 6.07) is 9.55. The molecule has 1 N–H and O–H groups in total. The number of cyclic esters (lactones) is 1. The molecule has 3 fully saturated rings. The second-order valence-electron chi connectivity index (χ2n) is 10.8. The largest absolute Gasteiger partial charge is 0.472 e. The number of hydrogen-bond donors (Lipinski definition) is 1. The van der Waals surface area contributed by atoms with E-state index in [1.165, 1.54) is 13.4 Å². The predicted molar refractivity (Wildman–Crippen MR) is 127 cm³/mol. The molecule has 2 aromatic rings. The minimum Gasteiger partial charge on any atom is -0.472 e. The molecule has 0 bridgehead atoms. The Kier molecular flexibility index (Phi) is 6.01. The number of methoxy groups -OCH3 is 1. The van der Waals surface area contributed by atoms with Gasteiger partial charge in [0.25, 0.3) is 5.91 Å². The van der Waals surface area contributed by atoms with E-state index in [1.807, 2.05) is 19.9 Å². The summed E-state index contributed by atoms with van der Waals surface area (Å²) in [5.41, 5.74) is -0.328. The first-order valence-corrected chi connectivity index (χ1v) is 12.4. The molecule has 2 heterocycles. The molecule has 1 amide bonds. The molecule has 1 aliphatic heterocycles. The number of amides is 1. The van der Waals surface area contributed by atoms with Crippen molar-refractivity contribution in [2.24, 2.45) is 28.6 Å². The zero-order chi connectivity index (χ0) is 25.7. The molecular formula is C28H31NO7. The maximum atomic E-state index is 14.2. The quantitative estimate of drug-likeness (QED) is 0.644. The van der Waals surface area contributed by atoms with Crippen molar-refractivity contribution in [1.29, 1.82) is 0 Å². The number of hydrogen-bond acceptors (Lipinski definition) is 7. The van der Waals surface area contributed by atoms with Gasteiger partial charge in [0.15, 0.2) is 5.78 Å². The molecule has 7 atom stereocenters. The van der Waals surface area contributed by atoms with Crippen LogP contribution >= 0.6 is 0 Å². The molecule has 5 rings (SSSR count). The number of carbonyl (C=O) groups is 4. The van der Waals surface area contributed by atoms with Crippen molar-refractivity contribution in [3.05, 3.63) is 60.1 Å². The average molecular weight is 494 g/mol. The molecule has 190 valence electrons. The van der Waals surface area contributed by atoms with E-state index in [4.69, 9.17) is 13.9 Å². The van der Waals surface area contributed by atoms with E-state index >= 15 is 0 Å². The Morgan fingerprint density at radius 1 is 1.08 bits per heavy atom. The Morgan fingerprint density at radius 3 is 2.50 bits per heavy atom. The van der Waals surface area contributed by atoms with Crippen LogP contribution in [0.15, 0.2) is 53.3 Å². The van der Waals surface area contributed by atoms with E-state index in [0.29, 0.717) is 24.8 Å². The normalized spacial score (nSPS) is 35.7. The number of benzene rings is 1. The predicted octanol–water partition coefficient (Wildman–Crippen LogP) is 3.87. The molecule has 3 aliphatic rings. The third-order valence-electron chi connectivity index (χ3n) is 8.89. The van der Waals surface area contributed by atoms with Gasteiger partial charge in [-0.25, -0.2) is 0 Å². The van der Waals surface area contributed by atoms with Crippen molar-refractivity contribution in [3.63, 3.8) is 0 Å². The van der Waals surface area contributed by atoms with Crippen LogP contribution in [0, 0.1) is 28.6 Å². The van der Waals surface area contributed by atoms with Gasteiger partial charge in [0, 0.05) is 17.0 Å². The fourth-order valence-corrected chi connectivity index (χ4v) is 7.16. The summed E-state index contributed by atoms with van der Waals surface area (Å²) in [6.07, 6.45) is 4.12. The molecular weight excluding hydrogens is 462 g/mol. The van der Waals surface area contributed by atoms with Crippen molar-refractivity contribution < 1.29 is 33.1 Å². The average Bonchev–Trinajstić information content (AvgIpc) is 3.40. The third kappa shape index (κ3) is 3.74. The van der Waals surface area contributed by atoms with Gasteiger partial charge in [0.05, 0.1) is 37.5 Å². The summed E-state index contributed by atoms with van der Waals surface area (Å²) in [6.45, 7) is 3.92. The molecule has 1 unspecified atom stereocenters. The summed E-state index contributed by atoms with van der Waals surface area (Å²) >= 11 is 0. The molecule has 1 aromatic carbocycles. The highest BCUT2D eigenvalue weighted by Crippen LogP contribution is 2.65. The van der Waals surface area contributed by atoms with Gasteiger partial charge in [-0.3, -0.25) is 19.2 Å². The van der Waals surface area contributed by atoms with Crippen molar-refractivity contribution in [2.75, 3.05) is 7.11 Å². The molecule has 0 spiro atoms. The zero-order valence-corrected chi connectivity index (χ0v) is 20.7. The molecule has 0 radical (unpaired) electrons. The van der Waals surface area contributed by atoms with Crippen molar-refractivity contribution in [3.8, 4) is 0 Å². The maximum absolute atomic E-state index is 14.2. The highest BCUT2D eigenvalue weighted by atomic mass is 16.5. The van der Waals surface area contributed by atoms with Gasteiger partial charge in [-0.2, -0.15) is 0 Å². The summed E-state index contributed by atoms with van der Waals surface area (Å²) in [7, 11) is 1.34. The molecule has 2 saturated carbocycles. The molecule has 1 saturated heterocycles. The lowest BCUT2D eigenvalue weighted by Gasteiger charge is -2.61. The second-order valence-corrected chi connectivity index (χ2v) is 10.8. The van der Waals surface area contributed by atoms with Gasteiger partial charge in [0.1, 0.15) is 6.10 Å². The van der Waals surface area contributed by atoms with Crippen LogP contribution < -0.4 is 5.32 Å². The first-order valence-electron chi connectivity index (χ1n) is 12.4. The number of furan rings is 1. The van der Waals surface area contributed by atoms with Crippen LogP contribution in [0.25, 0.3) is 0 Å². The molecule has 8 heteroatoms. The van der Waals surface area contributed by atoms with E-state index < -0.39 is 46.7 Å². The van der Waals surface area contributed by atoms with E-state index in [9.17, 15) is 19.2 Å². The Labute approximate surface area is 209 Å². The maximum Gasteiger partial charge on any atom is 0.310 e. The van der Waals surface area contributed by atoms with Crippen molar-refractivity contribution in [1.82, 2.24) is 5.32 Å². The lowest BCUT2D eigenvalue weighted by atomic mass is 9.43. The van der Waals surface area contributed by atoms with E-state index in [0.717, 1.165) is 5.56 Å². The summed E-state index contributed by atoms with van der Waals surface area (Å²) in [5, 5.41) is 2.88. The van der Waals surface area contributed by atoms with E-state index in [1.54, 1.807) is 36.6 Å². The lowest BCUT2D eigenvalue weighted by molar-refractivity contribution is -0.203. The third-order valence-corrected chi connectivity index (χ3v) is 8.89. The molecule has 8 nitrogen and oxygen atoms in total. The number of Topliss-reactive ketones (excluding diaryl/α,β-unsaturated/α-hetero) is 1.